The molecule has 2 N–H and O–H groups in total. The Morgan fingerprint density at radius 3 is 2.07 bits per heavy atom. The smallest absolute Gasteiger partial charge is 0.141 e. The number of halogens is 1. The fourth-order valence-electron chi connectivity index (χ4n) is 1.03. The molecule has 70 valence electrons. The number of fused-ring (bicyclic) bond motifs is 1. The fourth-order valence-corrected chi connectivity index (χ4v) is 1.52. The highest BCUT2D eigenvalue weighted by molar-refractivity contribution is 9.10. The van der Waals surface area contributed by atoms with Crippen LogP contribution in [0.4, 0.5) is 5.82 Å². The van der Waals surface area contributed by atoms with Crippen molar-refractivity contribution in [2.45, 2.75) is 0 Å². The van der Waals surface area contributed by atoms with Gasteiger partial charge < -0.3 is 5.73 Å². The minimum Gasteiger partial charge on any atom is -0.382 e. The summed E-state index contributed by atoms with van der Waals surface area (Å²) in [5.41, 5.74) is 7.97. The second-order valence-corrected chi connectivity index (χ2v) is 3.77. The zero-order valence-electron chi connectivity index (χ0n) is 7.31. The van der Waals surface area contributed by atoms with Crippen LogP contribution in [0.5, 0.6) is 0 Å². The molecule has 3 rings (SSSR count). The standard InChI is InChI=1S/C6H3Br.C4H5N3/c7-6-2-4-1-5(4)3-6;5-4-3-6-1-2-7-4/h1-3H;1-3H,(H2,5,7). The van der Waals surface area contributed by atoms with Gasteiger partial charge in [0, 0.05) is 16.9 Å². The molecule has 0 atom stereocenters. The minimum atomic E-state index is 0.461. The predicted molar refractivity (Wildman–Crippen MR) is 59.6 cm³/mol. The Kier molecular flexibility index (Phi) is 2.45. The average molecular weight is 250 g/mol. The van der Waals surface area contributed by atoms with Gasteiger partial charge in [0.1, 0.15) is 5.82 Å². The van der Waals surface area contributed by atoms with Crippen LogP contribution in [0, 0.1) is 0 Å². The average Bonchev–Trinajstić information content (AvgIpc) is 2.77. The molecule has 2 aliphatic rings. The van der Waals surface area contributed by atoms with Gasteiger partial charge in [-0.15, -0.1) is 0 Å². The lowest BCUT2D eigenvalue weighted by atomic mass is 10.6. The zero-order valence-corrected chi connectivity index (χ0v) is 8.90. The first-order chi connectivity index (χ1) is 6.75. The first-order valence-corrected chi connectivity index (χ1v) is 4.87. The number of benzene rings is 1. The topological polar surface area (TPSA) is 51.8 Å². The van der Waals surface area contributed by atoms with E-state index in [-0.39, 0.29) is 0 Å². The lowest BCUT2D eigenvalue weighted by Gasteiger charge is -1.82. The lowest BCUT2D eigenvalue weighted by molar-refractivity contribution is 1.21. The van der Waals surface area contributed by atoms with E-state index in [0.717, 1.165) is 0 Å². The highest BCUT2D eigenvalue weighted by Gasteiger charge is 2.11. The molecule has 0 amide bonds. The molecule has 1 aromatic heterocycles. The number of nitrogen functional groups attached to an aromatic ring is 1. The maximum Gasteiger partial charge on any atom is 0.141 e. The van der Waals surface area contributed by atoms with Crippen LogP contribution in [0.1, 0.15) is 0 Å². The molecule has 0 fully saturated rings. The summed E-state index contributed by atoms with van der Waals surface area (Å²) in [6.07, 6.45) is 4.63. The molecule has 0 spiro atoms. The molecule has 0 saturated carbocycles. The summed E-state index contributed by atoms with van der Waals surface area (Å²) in [6.45, 7) is 0. The van der Waals surface area contributed by atoms with Gasteiger partial charge in [-0.2, -0.15) is 0 Å². The van der Waals surface area contributed by atoms with Crippen molar-refractivity contribution in [1.82, 2.24) is 9.97 Å². The van der Waals surface area contributed by atoms with Crippen molar-refractivity contribution in [3.8, 4) is 11.1 Å². The molecule has 14 heavy (non-hydrogen) atoms. The van der Waals surface area contributed by atoms with E-state index in [1.807, 2.05) is 0 Å². The van der Waals surface area contributed by atoms with Crippen LogP contribution in [-0.4, -0.2) is 9.97 Å². The molecular formula is C10H8BrN3. The highest BCUT2D eigenvalue weighted by atomic mass is 79.9. The van der Waals surface area contributed by atoms with E-state index >= 15 is 0 Å². The second-order valence-electron chi connectivity index (χ2n) is 2.86. The Morgan fingerprint density at radius 2 is 1.79 bits per heavy atom. The van der Waals surface area contributed by atoms with E-state index in [9.17, 15) is 0 Å². The molecule has 0 unspecified atom stereocenters. The molecule has 0 saturated heterocycles. The molecule has 1 aromatic rings. The Bertz CT molecular complexity index is 422. The summed E-state index contributed by atoms with van der Waals surface area (Å²) < 4.78 is 1.21. The zero-order chi connectivity index (χ0) is 9.97. The summed E-state index contributed by atoms with van der Waals surface area (Å²) in [4.78, 5) is 7.39. The number of hydrogen-bond donors (Lipinski definition) is 1. The number of aromatic nitrogens is 2. The summed E-state index contributed by atoms with van der Waals surface area (Å²) in [6, 6.07) is 6.40. The second kappa shape index (κ2) is 3.75. The molecule has 0 bridgehead atoms. The van der Waals surface area contributed by atoms with Gasteiger partial charge >= 0.3 is 0 Å². The Morgan fingerprint density at radius 1 is 1.07 bits per heavy atom. The Balaban J connectivity index is 0.000000107. The number of nitrogens with two attached hydrogens (primary N) is 1. The van der Waals surface area contributed by atoms with Gasteiger partial charge in [0.05, 0.1) is 6.20 Å². The van der Waals surface area contributed by atoms with Crippen molar-refractivity contribution >= 4 is 21.7 Å². The lowest BCUT2D eigenvalue weighted by Crippen LogP contribution is -1.87. The van der Waals surface area contributed by atoms with E-state index < -0.39 is 0 Å². The van der Waals surface area contributed by atoms with Gasteiger partial charge in [0.25, 0.3) is 0 Å². The van der Waals surface area contributed by atoms with Crippen LogP contribution in [0.15, 0.2) is 41.3 Å². The first kappa shape index (κ1) is 9.15. The highest BCUT2D eigenvalue weighted by Crippen LogP contribution is 2.38. The maximum atomic E-state index is 5.18. The number of rotatable bonds is 0. The van der Waals surface area contributed by atoms with Crippen molar-refractivity contribution < 1.29 is 0 Å². The predicted octanol–water partition coefficient (Wildman–Crippen LogP) is 2.49. The van der Waals surface area contributed by atoms with Crippen LogP contribution in [0.3, 0.4) is 0 Å². The molecule has 0 aliphatic heterocycles. The summed E-state index contributed by atoms with van der Waals surface area (Å²) >= 11 is 3.35. The van der Waals surface area contributed by atoms with Crippen molar-refractivity contribution in [3.05, 3.63) is 41.3 Å². The van der Waals surface area contributed by atoms with E-state index in [2.05, 4.69) is 44.1 Å². The SMILES string of the molecule is Brc1cc2cc-2c1.Nc1cnccn1. The third kappa shape index (κ3) is 2.29. The first-order valence-electron chi connectivity index (χ1n) is 4.08. The van der Waals surface area contributed by atoms with Gasteiger partial charge in [-0.05, 0) is 29.3 Å². The normalized spacial score (nSPS) is 10.1. The molecule has 0 aromatic carbocycles. The molecule has 4 heteroatoms. The van der Waals surface area contributed by atoms with Crippen LogP contribution < -0.4 is 5.73 Å². The van der Waals surface area contributed by atoms with E-state index in [1.54, 1.807) is 12.4 Å². The van der Waals surface area contributed by atoms with E-state index in [1.165, 1.54) is 21.8 Å². The van der Waals surface area contributed by atoms with E-state index in [4.69, 9.17) is 5.73 Å². The van der Waals surface area contributed by atoms with Crippen molar-refractivity contribution in [3.63, 3.8) is 0 Å². The third-order valence-electron chi connectivity index (χ3n) is 1.73. The van der Waals surface area contributed by atoms with Crippen LogP contribution in [-0.2, 0) is 0 Å². The van der Waals surface area contributed by atoms with Gasteiger partial charge in [-0.3, -0.25) is 4.98 Å². The van der Waals surface area contributed by atoms with E-state index in [0.29, 0.717) is 5.82 Å². The summed E-state index contributed by atoms with van der Waals surface area (Å²) in [5, 5.41) is 0. The van der Waals surface area contributed by atoms with Crippen molar-refractivity contribution in [2.75, 3.05) is 5.73 Å². The minimum absolute atomic E-state index is 0.461. The molecule has 0 radical (unpaired) electrons. The van der Waals surface area contributed by atoms with Crippen LogP contribution in [0.25, 0.3) is 11.1 Å². The van der Waals surface area contributed by atoms with Crippen molar-refractivity contribution in [1.29, 1.82) is 0 Å². The summed E-state index contributed by atoms with van der Waals surface area (Å²) in [5.74, 6) is 0.461. The fraction of sp³-hybridized carbons (Fsp3) is 0. The molecular weight excluding hydrogens is 242 g/mol. The molecule has 1 heterocycles. The monoisotopic (exact) mass is 249 g/mol. The van der Waals surface area contributed by atoms with Crippen LogP contribution >= 0.6 is 15.9 Å². The summed E-state index contributed by atoms with van der Waals surface area (Å²) in [7, 11) is 0. The number of anilines is 1. The van der Waals surface area contributed by atoms with Gasteiger partial charge in [0.2, 0.25) is 0 Å². The van der Waals surface area contributed by atoms with Gasteiger partial charge in [0.15, 0.2) is 0 Å². The Hall–Kier alpha value is -1.42. The molecule has 2 aliphatic carbocycles. The van der Waals surface area contributed by atoms with Crippen LogP contribution in [0.2, 0.25) is 0 Å². The van der Waals surface area contributed by atoms with Gasteiger partial charge in [-0.1, -0.05) is 15.9 Å². The maximum absolute atomic E-state index is 5.18. The number of hydrogen-bond acceptors (Lipinski definition) is 3. The largest absolute Gasteiger partial charge is 0.382 e. The number of nitrogens with zero attached hydrogens (tertiary/aromatic N) is 2. The third-order valence-corrected chi connectivity index (χ3v) is 2.19. The quantitative estimate of drug-likeness (QED) is 0.666. The van der Waals surface area contributed by atoms with Crippen molar-refractivity contribution in [2.24, 2.45) is 0 Å². The Labute approximate surface area is 90.1 Å². The molecule has 3 nitrogen and oxygen atoms in total. The van der Waals surface area contributed by atoms with Gasteiger partial charge in [-0.25, -0.2) is 4.98 Å².